The first-order chi connectivity index (χ1) is 3.79. The van der Waals surface area contributed by atoms with Gasteiger partial charge in [0.25, 0.3) is 0 Å². The molecule has 0 amide bonds. The van der Waals surface area contributed by atoms with Gasteiger partial charge in [-0.25, -0.2) is 0 Å². The predicted octanol–water partition coefficient (Wildman–Crippen LogP) is 1.14. The minimum absolute atomic E-state index is 0. The number of aromatic nitrogens is 1. The third-order valence-corrected chi connectivity index (χ3v) is 1.85. The topological polar surface area (TPSA) is 12.9 Å². The number of rotatable bonds is 0. The molecule has 45 valence electrons. The molecule has 0 aliphatic rings. The van der Waals surface area contributed by atoms with Crippen LogP contribution < -0.4 is 4.29 Å². The fourth-order valence-corrected chi connectivity index (χ4v) is 0.937. The van der Waals surface area contributed by atoms with Crippen LogP contribution in [0.2, 0.25) is 0 Å². The molecule has 0 aliphatic carbocycles. The van der Waals surface area contributed by atoms with Gasteiger partial charge in [0.15, 0.2) is 0 Å². The van der Waals surface area contributed by atoms with E-state index < -0.39 is 0 Å². The van der Waals surface area contributed by atoms with Gasteiger partial charge in [-0.05, 0) is 0 Å². The Morgan fingerprint density at radius 1 is 1.44 bits per heavy atom. The number of pyridine rings is 1. The Morgan fingerprint density at radius 2 is 2.11 bits per heavy atom. The summed E-state index contributed by atoms with van der Waals surface area (Å²) in [6.45, 7) is 2.05. The van der Waals surface area contributed by atoms with Gasteiger partial charge in [-0.2, -0.15) is 0 Å². The Labute approximate surface area is 75.3 Å². The van der Waals surface area contributed by atoms with Crippen molar-refractivity contribution in [1.29, 1.82) is 0 Å². The van der Waals surface area contributed by atoms with Crippen LogP contribution >= 0.6 is 17.0 Å². The molecular formula is C6H7BrNZn. The van der Waals surface area contributed by atoms with E-state index in [9.17, 15) is 0 Å². The van der Waals surface area contributed by atoms with Crippen LogP contribution in [0.25, 0.3) is 0 Å². The first-order valence-corrected chi connectivity index (χ1v) is 4.02. The fourth-order valence-electron chi connectivity index (χ4n) is 0.498. The van der Waals surface area contributed by atoms with Crippen molar-refractivity contribution in [3.05, 3.63) is 23.9 Å². The molecule has 1 rings (SSSR count). The molecule has 0 bridgehead atoms. The van der Waals surface area contributed by atoms with Gasteiger partial charge in [0.2, 0.25) is 0 Å². The first-order valence-electron chi connectivity index (χ1n) is 2.53. The maximum absolute atomic E-state index is 4.13. The van der Waals surface area contributed by atoms with E-state index in [4.69, 9.17) is 0 Å². The quantitative estimate of drug-likeness (QED) is 0.618. The number of halogens is 1. The van der Waals surface area contributed by atoms with Gasteiger partial charge in [0, 0.05) is 0 Å². The summed E-state index contributed by atoms with van der Waals surface area (Å²) in [5.41, 5.74) is 1.24. The van der Waals surface area contributed by atoms with Crippen LogP contribution in [-0.4, -0.2) is 4.98 Å². The molecule has 0 fully saturated rings. The summed E-state index contributed by atoms with van der Waals surface area (Å²) in [4.78, 5) is 4.13. The summed E-state index contributed by atoms with van der Waals surface area (Å²) in [6.07, 6.45) is 1.90. The van der Waals surface area contributed by atoms with Crippen LogP contribution in [0.1, 0.15) is 5.56 Å². The summed E-state index contributed by atoms with van der Waals surface area (Å²) in [5.74, 6) is 0. The molecule has 0 aromatic carbocycles. The average molecular weight is 238 g/mol. The number of aryl methyl sites for hydroxylation is 1. The van der Waals surface area contributed by atoms with Gasteiger partial charge >= 0.3 is 58.4 Å². The van der Waals surface area contributed by atoms with E-state index in [1.165, 1.54) is 9.85 Å². The van der Waals surface area contributed by atoms with Crippen molar-refractivity contribution in [2.75, 3.05) is 0 Å². The second-order valence-electron chi connectivity index (χ2n) is 1.83. The average Bonchev–Trinajstić information content (AvgIpc) is 1.77. The summed E-state index contributed by atoms with van der Waals surface area (Å²) < 4.78 is 1.20. The molecule has 1 aromatic rings. The molecule has 1 nitrogen and oxygen atoms in total. The number of hydrogen-bond acceptors (Lipinski definition) is 1. The number of hydrogen-bond donors (Lipinski definition) is 0. The monoisotopic (exact) mass is 236 g/mol. The van der Waals surface area contributed by atoms with E-state index in [1.807, 2.05) is 13.1 Å². The van der Waals surface area contributed by atoms with E-state index in [1.54, 1.807) is 0 Å². The van der Waals surface area contributed by atoms with Crippen molar-refractivity contribution in [3.63, 3.8) is 0 Å². The zero-order valence-corrected chi connectivity index (χ0v) is 9.97. The van der Waals surface area contributed by atoms with Gasteiger partial charge in [-0.15, -0.1) is 17.0 Å². The third kappa shape index (κ3) is 3.07. The zero-order valence-electron chi connectivity index (χ0n) is 5.29. The van der Waals surface area contributed by atoms with Crippen LogP contribution in [-0.2, 0) is 18.3 Å². The normalized spacial score (nSPS) is 8.33. The van der Waals surface area contributed by atoms with Crippen molar-refractivity contribution >= 4 is 21.3 Å². The molecule has 3 heteroatoms. The molecule has 0 spiro atoms. The molecule has 0 aliphatic heterocycles. The van der Waals surface area contributed by atoms with Crippen LogP contribution in [0, 0.1) is 6.92 Å². The van der Waals surface area contributed by atoms with E-state index in [-0.39, 0.29) is 17.0 Å². The molecule has 0 unspecified atom stereocenters. The van der Waals surface area contributed by atoms with E-state index in [0.717, 1.165) is 18.3 Å². The summed E-state index contributed by atoms with van der Waals surface area (Å²) in [7, 11) is 0. The van der Waals surface area contributed by atoms with Gasteiger partial charge in [-0.3, -0.25) is 0 Å². The van der Waals surface area contributed by atoms with Gasteiger partial charge < -0.3 is 0 Å². The Bertz CT molecular complexity index is 152. The second-order valence-corrected chi connectivity index (χ2v) is 3.35. The molecule has 9 heavy (non-hydrogen) atoms. The Balaban J connectivity index is 0.000000640. The van der Waals surface area contributed by atoms with E-state index >= 15 is 0 Å². The minimum atomic E-state index is 0. The molecule has 0 saturated heterocycles. The molecule has 1 aromatic heterocycles. The van der Waals surface area contributed by atoms with Crippen LogP contribution in [0.4, 0.5) is 0 Å². The SMILES string of the molecule is Br.Cc1cc[c]([Zn])nc1. The van der Waals surface area contributed by atoms with Gasteiger partial charge in [-0.1, -0.05) is 0 Å². The van der Waals surface area contributed by atoms with Crippen LogP contribution in [0.5, 0.6) is 0 Å². The standard InChI is InChI=1S/C6H6N.BrH.Zn/c1-6-3-2-4-7-5-6;;/h2-3,5H,1H3;1H;. The summed E-state index contributed by atoms with van der Waals surface area (Å²) in [5, 5.41) is 0. The number of nitrogens with zero attached hydrogens (tertiary/aromatic N) is 1. The van der Waals surface area contributed by atoms with Crippen molar-refractivity contribution < 1.29 is 18.3 Å². The van der Waals surface area contributed by atoms with E-state index in [0.29, 0.717) is 0 Å². The predicted molar refractivity (Wildman–Crippen MR) is 38.9 cm³/mol. The Kier molecular flexibility index (Phi) is 4.25. The molecule has 0 saturated carbocycles. The zero-order chi connectivity index (χ0) is 5.98. The molecule has 1 heterocycles. The van der Waals surface area contributed by atoms with Crippen molar-refractivity contribution in [3.8, 4) is 0 Å². The van der Waals surface area contributed by atoms with Gasteiger partial charge in [0.1, 0.15) is 0 Å². The van der Waals surface area contributed by atoms with Crippen LogP contribution in [0.15, 0.2) is 18.3 Å². The molecule has 0 radical (unpaired) electrons. The van der Waals surface area contributed by atoms with Gasteiger partial charge in [0.05, 0.1) is 0 Å². The molecule has 0 atom stereocenters. The van der Waals surface area contributed by atoms with E-state index in [2.05, 4.69) is 17.1 Å². The maximum atomic E-state index is 4.13. The third-order valence-electron chi connectivity index (χ3n) is 0.973. The summed E-state index contributed by atoms with van der Waals surface area (Å²) >= 11 is 1.15. The first kappa shape index (κ1) is 9.25. The van der Waals surface area contributed by atoms with Crippen LogP contribution in [0.3, 0.4) is 0 Å². The second kappa shape index (κ2) is 4.13. The molecular weight excluding hydrogens is 231 g/mol. The fraction of sp³-hybridized carbons (Fsp3) is 0.167. The molecule has 0 N–H and O–H groups in total. The Morgan fingerprint density at radius 3 is 2.44 bits per heavy atom. The van der Waals surface area contributed by atoms with Crippen molar-refractivity contribution in [1.82, 2.24) is 4.98 Å². The van der Waals surface area contributed by atoms with Crippen molar-refractivity contribution in [2.24, 2.45) is 0 Å². The summed E-state index contributed by atoms with van der Waals surface area (Å²) in [6, 6.07) is 4.15. The Hall–Kier alpha value is 0.253. The van der Waals surface area contributed by atoms with Crippen molar-refractivity contribution in [2.45, 2.75) is 6.92 Å².